The minimum atomic E-state index is -1.16. The average Bonchev–Trinajstić information content (AvgIpc) is 3.21. The molecule has 2 aromatic rings. The van der Waals surface area contributed by atoms with Gasteiger partial charge in [-0.15, -0.1) is 26.3 Å². The Morgan fingerprint density at radius 1 is 0.586 bits per heavy atom. The molecule has 0 aromatic heterocycles. The molecule has 4 rings (SSSR count). The van der Waals surface area contributed by atoms with Gasteiger partial charge < -0.3 is 29.1 Å². The number of fused-ring (bicyclic) bond motifs is 2. The first kappa shape index (κ1) is 45.9. The molecule has 0 aliphatic carbocycles. The summed E-state index contributed by atoms with van der Waals surface area (Å²) in [6.45, 7) is 31.5. The van der Waals surface area contributed by atoms with E-state index in [1.54, 1.807) is 24.3 Å². The number of rotatable bonds is 24. The van der Waals surface area contributed by atoms with E-state index >= 15 is 0 Å². The third-order valence-electron chi connectivity index (χ3n) is 11.4. The zero-order chi connectivity index (χ0) is 42.2. The molecule has 2 aromatic carbocycles. The summed E-state index contributed by atoms with van der Waals surface area (Å²) in [5.74, 6) is -1.64. The summed E-state index contributed by atoms with van der Waals surface area (Å²) in [6, 6.07) is 3.81. The van der Waals surface area contributed by atoms with E-state index in [1.807, 2.05) is 21.9 Å². The number of amides is 2. The maximum atomic E-state index is 13.8. The van der Waals surface area contributed by atoms with Gasteiger partial charge >= 0.3 is 11.9 Å². The van der Waals surface area contributed by atoms with Crippen LogP contribution in [-0.2, 0) is 57.7 Å². The van der Waals surface area contributed by atoms with Gasteiger partial charge in [-0.25, -0.2) is 9.59 Å². The Labute approximate surface area is 347 Å². The fraction of sp³-hybridized carbons (Fsp3) is 0.500. The third kappa shape index (κ3) is 11.2. The number of hydrogen-bond donors (Lipinski definition) is 0. The van der Waals surface area contributed by atoms with Crippen LogP contribution < -0.4 is 19.3 Å². The van der Waals surface area contributed by atoms with Crippen LogP contribution in [0.25, 0.3) is 0 Å². The molecule has 10 heteroatoms. The third-order valence-corrected chi connectivity index (χ3v) is 11.4. The van der Waals surface area contributed by atoms with Crippen molar-refractivity contribution in [2.24, 2.45) is 0 Å². The fourth-order valence-corrected chi connectivity index (χ4v) is 8.29. The molecule has 2 aliphatic rings. The van der Waals surface area contributed by atoms with Gasteiger partial charge in [0.25, 0.3) is 0 Å². The molecule has 0 fully saturated rings. The van der Waals surface area contributed by atoms with Gasteiger partial charge in [0, 0.05) is 59.6 Å². The van der Waals surface area contributed by atoms with Gasteiger partial charge in [-0.1, -0.05) is 52.0 Å². The molecular formula is C48H66N4O6. The van der Waals surface area contributed by atoms with Crippen molar-refractivity contribution < 1.29 is 28.7 Å². The summed E-state index contributed by atoms with van der Waals surface area (Å²) >= 11 is 0. The number of hydrogen-bond acceptors (Lipinski definition) is 8. The molecule has 2 heterocycles. The Bertz CT molecular complexity index is 1690. The minimum Gasteiger partial charge on any atom is -0.417 e. The quantitative estimate of drug-likeness (QED) is 0.0348. The monoisotopic (exact) mass is 794 g/mol. The zero-order valence-corrected chi connectivity index (χ0v) is 35.7. The van der Waals surface area contributed by atoms with Crippen LogP contribution in [0.2, 0.25) is 0 Å². The summed E-state index contributed by atoms with van der Waals surface area (Å²) in [5.41, 5.74) is 6.18. The first-order valence-corrected chi connectivity index (χ1v) is 21.4. The maximum absolute atomic E-state index is 13.8. The van der Waals surface area contributed by atoms with Gasteiger partial charge in [0.05, 0.1) is 0 Å². The predicted octanol–water partition coefficient (Wildman–Crippen LogP) is 7.91. The van der Waals surface area contributed by atoms with E-state index in [0.29, 0.717) is 75.6 Å². The Hall–Kier alpha value is -4.80. The standard InChI is InChI=1S/C48H66N4O6/c1-9-21-35-33-41-37(25-27-43(53)51(41)31-19-17-29-49(13-5)14-6)39(23-11-3)45(35)57-47(55)48(56)58-46-36(22-10-2)34-42-38(40(46)24-12-4)26-28-44(54)52(42)32-20-18-30-50(15-7)16-8/h9-12,33-34H,1-4,13-32H2,5-8H3. The fourth-order valence-electron chi connectivity index (χ4n) is 8.29. The molecule has 0 radical (unpaired) electrons. The van der Waals surface area contributed by atoms with E-state index in [9.17, 15) is 19.2 Å². The van der Waals surface area contributed by atoms with Crippen molar-refractivity contribution in [1.29, 1.82) is 0 Å². The summed E-state index contributed by atoms with van der Waals surface area (Å²) in [6.07, 6.45) is 13.6. The first-order chi connectivity index (χ1) is 28.1. The average molecular weight is 795 g/mol. The molecule has 10 nitrogen and oxygen atoms in total. The minimum absolute atomic E-state index is 0.0660. The molecule has 0 N–H and O–H groups in total. The number of benzene rings is 2. The number of nitrogens with zero attached hydrogens (tertiary/aromatic N) is 4. The molecule has 0 bridgehead atoms. The molecule has 314 valence electrons. The second-order valence-corrected chi connectivity index (χ2v) is 15.0. The SMILES string of the molecule is C=CCc1cc2c(c(CC=C)c1OC(=O)C(=O)Oc1c(CC=C)cc3c(c1CC=C)CCC(=O)N3CCCCN(CC)CC)CCC(=O)N2CCCCN(CC)CC. The van der Waals surface area contributed by atoms with E-state index in [1.165, 1.54) is 0 Å². The van der Waals surface area contributed by atoms with Gasteiger partial charge in [0.1, 0.15) is 11.5 Å². The highest BCUT2D eigenvalue weighted by molar-refractivity contribution is 6.31. The topological polar surface area (TPSA) is 99.7 Å². The molecule has 58 heavy (non-hydrogen) atoms. The highest BCUT2D eigenvalue weighted by Gasteiger charge is 2.33. The molecule has 2 aliphatic heterocycles. The Morgan fingerprint density at radius 2 is 0.948 bits per heavy atom. The Balaban J connectivity index is 1.65. The largest absolute Gasteiger partial charge is 0.423 e. The summed E-state index contributed by atoms with van der Waals surface area (Å²) in [7, 11) is 0. The van der Waals surface area contributed by atoms with E-state index in [2.05, 4.69) is 63.8 Å². The van der Waals surface area contributed by atoms with Crippen molar-refractivity contribution in [2.45, 2.75) is 105 Å². The second-order valence-electron chi connectivity index (χ2n) is 15.0. The number of ether oxygens (including phenoxy) is 2. The van der Waals surface area contributed by atoms with Crippen molar-refractivity contribution in [3.8, 4) is 11.5 Å². The van der Waals surface area contributed by atoms with Crippen LogP contribution in [0.1, 0.15) is 99.6 Å². The van der Waals surface area contributed by atoms with E-state index in [0.717, 1.165) is 98.6 Å². The smallest absolute Gasteiger partial charge is 0.417 e. The van der Waals surface area contributed by atoms with Crippen LogP contribution in [0.5, 0.6) is 11.5 Å². The van der Waals surface area contributed by atoms with Gasteiger partial charge in [-0.3, -0.25) is 9.59 Å². The lowest BCUT2D eigenvalue weighted by atomic mass is 9.89. The number of anilines is 2. The maximum Gasteiger partial charge on any atom is 0.423 e. The number of esters is 2. The zero-order valence-electron chi connectivity index (χ0n) is 35.7. The van der Waals surface area contributed by atoms with Gasteiger partial charge in [-0.05, 0) is 127 Å². The van der Waals surface area contributed by atoms with Crippen molar-refractivity contribution in [3.63, 3.8) is 0 Å². The van der Waals surface area contributed by atoms with Crippen LogP contribution in [-0.4, -0.2) is 85.9 Å². The van der Waals surface area contributed by atoms with Crippen molar-refractivity contribution in [3.05, 3.63) is 96.1 Å². The normalized spacial score (nSPS) is 13.7. The molecule has 0 unspecified atom stereocenters. The van der Waals surface area contributed by atoms with Crippen molar-refractivity contribution >= 4 is 35.1 Å². The lowest BCUT2D eigenvalue weighted by molar-refractivity contribution is -0.156. The van der Waals surface area contributed by atoms with Crippen molar-refractivity contribution in [1.82, 2.24) is 9.80 Å². The van der Waals surface area contributed by atoms with Crippen LogP contribution >= 0.6 is 0 Å². The molecular weight excluding hydrogens is 729 g/mol. The van der Waals surface area contributed by atoms with Crippen LogP contribution in [0, 0.1) is 0 Å². The van der Waals surface area contributed by atoms with Crippen LogP contribution in [0.4, 0.5) is 11.4 Å². The molecule has 2 amide bonds. The predicted molar refractivity (Wildman–Crippen MR) is 235 cm³/mol. The Morgan fingerprint density at radius 3 is 1.28 bits per heavy atom. The first-order valence-electron chi connectivity index (χ1n) is 21.4. The van der Waals surface area contributed by atoms with E-state index < -0.39 is 11.9 Å². The second kappa shape index (κ2) is 23.0. The molecule has 0 atom stereocenters. The van der Waals surface area contributed by atoms with Crippen LogP contribution in [0.15, 0.2) is 62.8 Å². The number of carbonyl (C=O) groups is 4. The summed E-state index contributed by atoms with van der Waals surface area (Å²) < 4.78 is 12.0. The number of allylic oxidation sites excluding steroid dienone is 4. The molecule has 0 spiro atoms. The summed E-state index contributed by atoms with van der Waals surface area (Å²) in [4.78, 5) is 62.8. The highest BCUT2D eigenvalue weighted by atomic mass is 16.6. The van der Waals surface area contributed by atoms with Gasteiger partial charge in [-0.2, -0.15) is 0 Å². The highest BCUT2D eigenvalue weighted by Crippen LogP contribution is 2.42. The Kier molecular flexibility index (Phi) is 18.2. The number of carbonyl (C=O) groups excluding carboxylic acids is 4. The van der Waals surface area contributed by atoms with Gasteiger partial charge in [0.15, 0.2) is 0 Å². The van der Waals surface area contributed by atoms with Gasteiger partial charge in [0.2, 0.25) is 11.8 Å². The lowest BCUT2D eigenvalue weighted by Gasteiger charge is -2.33. The van der Waals surface area contributed by atoms with E-state index in [-0.39, 0.29) is 23.3 Å². The molecule has 0 saturated heterocycles. The van der Waals surface area contributed by atoms with E-state index in [4.69, 9.17) is 9.47 Å². The summed E-state index contributed by atoms with van der Waals surface area (Å²) in [5, 5.41) is 0. The van der Waals surface area contributed by atoms with Crippen molar-refractivity contribution in [2.75, 3.05) is 62.2 Å². The van der Waals surface area contributed by atoms with Crippen LogP contribution in [0.3, 0.4) is 0 Å². The number of unbranched alkanes of at least 4 members (excludes halogenated alkanes) is 2. The molecule has 0 saturated carbocycles. The lowest BCUT2D eigenvalue weighted by Crippen LogP contribution is -2.37.